The van der Waals surface area contributed by atoms with E-state index in [2.05, 4.69) is 26.3 Å². The van der Waals surface area contributed by atoms with Crippen LogP contribution in [-0.4, -0.2) is 66.1 Å². The second-order valence-corrected chi connectivity index (χ2v) is 7.99. The first kappa shape index (κ1) is 21.4. The number of carbonyl (C=O) groups is 1. The standard InChI is InChI=1S/C22H26ClN5O3/c1-4-20(29)27-7-9-28(10-8-27)21-17-13-26(14-19(17)24-22(25-21)31-3)12-15-11-16(30-2)5-6-18(15)23/h4-6,11H,1,7-10,12-14H2,2-3H3. The van der Waals surface area contributed by atoms with E-state index in [1.807, 2.05) is 18.2 Å². The number of aromatic nitrogens is 2. The van der Waals surface area contributed by atoms with Crippen LogP contribution in [0.4, 0.5) is 5.82 Å². The number of rotatable bonds is 6. The van der Waals surface area contributed by atoms with Crippen molar-refractivity contribution in [1.29, 1.82) is 0 Å². The molecule has 2 aliphatic heterocycles. The molecule has 3 heterocycles. The largest absolute Gasteiger partial charge is 0.497 e. The Kier molecular flexibility index (Phi) is 6.29. The Balaban J connectivity index is 1.54. The van der Waals surface area contributed by atoms with Gasteiger partial charge in [-0.3, -0.25) is 9.69 Å². The quantitative estimate of drug-likeness (QED) is 0.635. The topological polar surface area (TPSA) is 71.0 Å². The lowest BCUT2D eigenvalue weighted by atomic mass is 10.2. The van der Waals surface area contributed by atoms with Crippen LogP contribution < -0.4 is 14.4 Å². The summed E-state index contributed by atoms with van der Waals surface area (Å²) in [7, 11) is 3.23. The lowest BCUT2D eigenvalue weighted by Gasteiger charge is -2.35. The van der Waals surface area contributed by atoms with Crippen molar-refractivity contribution in [1.82, 2.24) is 19.8 Å². The number of piperazine rings is 1. The molecular weight excluding hydrogens is 418 g/mol. The van der Waals surface area contributed by atoms with Gasteiger partial charge >= 0.3 is 6.01 Å². The highest BCUT2D eigenvalue weighted by atomic mass is 35.5. The molecule has 1 aromatic heterocycles. The summed E-state index contributed by atoms with van der Waals surface area (Å²) in [5.74, 6) is 1.63. The first-order valence-corrected chi connectivity index (χ1v) is 10.5. The minimum Gasteiger partial charge on any atom is -0.497 e. The van der Waals surface area contributed by atoms with Crippen LogP contribution >= 0.6 is 11.6 Å². The molecule has 0 N–H and O–H groups in total. The van der Waals surface area contributed by atoms with Gasteiger partial charge in [0.25, 0.3) is 0 Å². The Morgan fingerprint density at radius 1 is 1.16 bits per heavy atom. The Morgan fingerprint density at radius 2 is 1.94 bits per heavy atom. The maximum Gasteiger partial charge on any atom is 0.318 e. The summed E-state index contributed by atoms with van der Waals surface area (Å²) in [6.45, 7) is 8.33. The van der Waals surface area contributed by atoms with Crippen LogP contribution in [0.2, 0.25) is 5.02 Å². The molecule has 0 radical (unpaired) electrons. The zero-order valence-electron chi connectivity index (χ0n) is 17.8. The van der Waals surface area contributed by atoms with Crippen LogP contribution in [0.5, 0.6) is 11.8 Å². The Bertz CT molecular complexity index is 991. The molecule has 0 unspecified atom stereocenters. The Labute approximate surface area is 187 Å². The molecule has 0 bridgehead atoms. The molecule has 1 saturated heterocycles. The van der Waals surface area contributed by atoms with Crippen molar-refractivity contribution in [2.24, 2.45) is 0 Å². The fourth-order valence-electron chi connectivity index (χ4n) is 4.05. The Hall–Kier alpha value is -2.84. The van der Waals surface area contributed by atoms with Gasteiger partial charge in [-0.25, -0.2) is 0 Å². The predicted octanol–water partition coefficient (Wildman–Crippen LogP) is 2.50. The van der Waals surface area contributed by atoms with Crippen LogP contribution in [0, 0.1) is 0 Å². The minimum atomic E-state index is -0.0357. The first-order valence-electron chi connectivity index (χ1n) is 10.2. The highest BCUT2D eigenvalue weighted by Gasteiger charge is 2.30. The van der Waals surface area contributed by atoms with Crippen LogP contribution in [-0.2, 0) is 24.4 Å². The lowest BCUT2D eigenvalue weighted by molar-refractivity contribution is -0.126. The minimum absolute atomic E-state index is 0.0357. The second-order valence-electron chi connectivity index (χ2n) is 7.58. The summed E-state index contributed by atoms with van der Waals surface area (Å²) in [6, 6.07) is 6.04. The molecule has 0 atom stereocenters. The SMILES string of the molecule is C=CC(=O)N1CCN(c2nc(OC)nc3c2CN(Cc2cc(OC)ccc2Cl)C3)CC1. The fraction of sp³-hybridized carbons (Fsp3) is 0.409. The number of fused-ring (bicyclic) bond motifs is 1. The molecule has 0 spiro atoms. The smallest absolute Gasteiger partial charge is 0.318 e. The summed E-state index contributed by atoms with van der Waals surface area (Å²) < 4.78 is 10.7. The highest BCUT2D eigenvalue weighted by molar-refractivity contribution is 6.31. The van der Waals surface area contributed by atoms with E-state index < -0.39 is 0 Å². The summed E-state index contributed by atoms with van der Waals surface area (Å²) in [6.07, 6.45) is 1.36. The molecule has 1 aromatic carbocycles. The summed E-state index contributed by atoms with van der Waals surface area (Å²) >= 11 is 6.42. The number of hydrogen-bond donors (Lipinski definition) is 0. The van der Waals surface area contributed by atoms with Crippen LogP contribution in [0.3, 0.4) is 0 Å². The van der Waals surface area contributed by atoms with Crippen LogP contribution in [0.15, 0.2) is 30.9 Å². The second kappa shape index (κ2) is 9.11. The Morgan fingerprint density at radius 3 is 2.61 bits per heavy atom. The summed E-state index contributed by atoms with van der Waals surface area (Å²) in [5.41, 5.74) is 3.07. The maximum absolute atomic E-state index is 11.9. The van der Waals surface area contributed by atoms with Gasteiger partial charge in [-0.05, 0) is 29.8 Å². The molecule has 0 saturated carbocycles. The van der Waals surface area contributed by atoms with Gasteiger partial charge in [0.15, 0.2) is 0 Å². The van der Waals surface area contributed by atoms with Gasteiger partial charge in [0.2, 0.25) is 5.91 Å². The van der Waals surface area contributed by atoms with E-state index in [1.165, 1.54) is 6.08 Å². The van der Waals surface area contributed by atoms with Crippen LogP contribution in [0.1, 0.15) is 16.8 Å². The number of carbonyl (C=O) groups excluding carboxylic acids is 1. The molecule has 164 valence electrons. The zero-order valence-corrected chi connectivity index (χ0v) is 18.6. The number of halogens is 1. The van der Waals surface area contributed by atoms with Crippen molar-refractivity contribution in [3.05, 3.63) is 52.7 Å². The third kappa shape index (κ3) is 4.45. The van der Waals surface area contributed by atoms with Crippen molar-refractivity contribution in [3.63, 3.8) is 0 Å². The molecule has 1 amide bonds. The van der Waals surface area contributed by atoms with Gasteiger partial charge in [-0.15, -0.1) is 0 Å². The molecule has 2 aromatic rings. The van der Waals surface area contributed by atoms with Gasteiger partial charge in [-0.1, -0.05) is 18.2 Å². The number of methoxy groups -OCH3 is 2. The van der Waals surface area contributed by atoms with E-state index in [4.69, 9.17) is 21.1 Å². The number of hydrogen-bond acceptors (Lipinski definition) is 7. The van der Waals surface area contributed by atoms with Crippen molar-refractivity contribution >= 4 is 23.3 Å². The molecule has 0 aliphatic carbocycles. The number of ether oxygens (including phenoxy) is 2. The molecular formula is C22H26ClN5O3. The average Bonchev–Trinajstić information content (AvgIpc) is 3.21. The van der Waals surface area contributed by atoms with Crippen molar-refractivity contribution < 1.29 is 14.3 Å². The van der Waals surface area contributed by atoms with Gasteiger partial charge in [0, 0.05) is 56.4 Å². The van der Waals surface area contributed by atoms with Crippen molar-refractivity contribution in [2.75, 3.05) is 45.3 Å². The molecule has 8 nitrogen and oxygen atoms in total. The van der Waals surface area contributed by atoms with Crippen LogP contribution in [0.25, 0.3) is 0 Å². The molecule has 4 rings (SSSR count). The predicted molar refractivity (Wildman–Crippen MR) is 119 cm³/mol. The molecule has 1 fully saturated rings. The first-order chi connectivity index (χ1) is 15.0. The fourth-order valence-corrected chi connectivity index (χ4v) is 4.23. The third-order valence-corrected chi connectivity index (χ3v) is 6.07. The third-order valence-electron chi connectivity index (χ3n) is 5.70. The number of nitrogens with zero attached hydrogens (tertiary/aromatic N) is 5. The summed E-state index contributed by atoms with van der Waals surface area (Å²) in [4.78, 5) is 27.4. The van der Waals surface area contributed by atoms with Gasteiger partial charge in [-0.2, -0.15) is 9.97 Å². The van der Waals surface area contributed by atoms with Crippen molar-refractivity contribution in [2.45, 2.75) is 19.6 Å². The number of benzene rings is 1. The molecule has 31 heavy (non-hydrogen) atoms. The van der Waals surface area contributed by atoms with E-state index in [1.54, 1.807) is 19.1 Å². The normalized spacial score (nSPS) is 16.2. The number of anilines is 1. The monoisotopic (exact) mass is 443 g/mol. The van der Waals surface area contributed by atoms with Gasteiger partial charge in [0.1, 0.15) is 11.6 Å². The van der Waals surface area contributed by atoms with Gasteiger partial charge in [0.05, 0.1) is 19.9 Å². The van der Waals surface area contributed by atoms with E-state index in [9.17, 15) is 4.79 Å². The lowest BCUT2D eigenvalue weighted by Crippen LogP contribution is -2.48. The van der Waals surface area contributed by atoms with Crippen molar-refractivity contribution in [3.8, 4) is 11.8 Å². The maximum atomic E-state index is 11.9. The van der Waals surface area contributed by atoms with E-state index in [0.717, 1.165) is 28.4 Å². The molecule has 9 heteroatoms. The number of amides is 1. The summed E-state index contributed by atoms with van der Waals surface area (Å²) in [5, 5.41) is 0.712. The van der Waals surface area contributed by atoms with E-state index in [0.29, 0.717) is 56.8 Å². The molecule has 2 aliphatic rings. The van der Waals surface area contributed by atoms with E-state index in [-0.39, 0.29) is 5.91 Å². The van der Waals surface area contributed by atoms with Gasteiger partial charge < -0.3 is 19.3 Å². The zero-order chi connectivity index (χ0) is 22.0. The highest BCUT2D eigenvalue weighted by Crippen LogP contribution is 2.33. The van der Waals surface area contributed by atoms with E-state index >= 15 is 0 Å². The average molecular weight is 444 g/mol.